The molecule has 6 N–H and O–H groups in total. The van der Waals surface area contributed by atoms with Gasteiger partial charge in [0.25, 0.3) is 0 Å². The van der Waals surface area contributed by atoms with Crippen LogP contribution in [0.25, 0.3) is 11.0 Å². The maximum atomic E-state index is 11.9. The van der Waals surface area contributed by atoms with Crippen molar-refractivity contribution >= 4 is 28.8 Å². The number of carbonyl (C=O) groups is 3. The van der Waals surface area contributed by atoms with Crippen LogP contribution in [0.3, 0.4) is 0 Å². The minimum atomic E-state index is -1.59. The third-order valence-electron chi connectivity index (χ3n) is 3.45. The summed E-state index contributed by atoms with van der Waals surface area (Å²) in [6, 6.07) is 4.34. The molecule has 1 heterocycles. The molecule has 1 atom stereocenters. The lowest BCUT2D eigenvalue weighted by Gasteiger charge is -2.15. The van der Waals surface area contributed by atoms with Crippen LogP contribution in [0.4, 0.5) is 4.79 Å². The van der Waals surface area contributed by atoms with Crippen LogP contribution in [0.5, 0.6) is 5.75 Å². The van der Waals surface area contributed by atoms with E-state index in [0.29, 0.717) is 23.7 Å². The van der Waals surface area contributed by atoms with Crippen molar-refractivity contribution in [3.05, 3.63) is 30.0 Å². The van der Waals surface area contributed by atoms with Gasteiger partial charge >= 0.3 is 6.03 Å². The zero-order chi connectivity index (χ0) is 18.6. The summed E-state index contributed by atoms with van der Waals surface area (Å²) in [5.74, 6) is -1.00. The van der Waals surface area contributed by atoms with Crippen LogP contribution in [0.1, 0.15) is 25.6 Å². The number of amides is 4. The number of fused-ring (bicyclic) bond motifs is 1. The summed E-state index contributed by atoms with van der Waals surface area (Å²) in [5, 5.41) is 5.49. The Morgan fingerprint density at radius 3 is 2.48 bits per heavy atom. The van der Waals surface area contributed by atoms with Gasteiger partial charge in [-0.05, 0) is 26.0 Å². The van der Waals surface area contributed by atoms with Gasteiger partial charge in [0, 0.05) is 5.39 Å². The first-order valence-corrected chi connectivity index (χ1v) is 7.64. The number of para-hydroxylation sites is 1. The van der Waals surface area contributed by atoms with Crippen LogP contribution in [0.2, 0.25) is 0 Å². The Labute approximate surface area is 143 Å². The van der Waals surface area contributed by atoms with Gasteiger partial charge in [-0.2, -0.15) is 0 Å². The smallest absolute Gasteiger partial charge is 0.316 e. The number of carbonyl (C=O) groups excluding carboxylic acids is 3. The maximum absolute atomic E-state index is 11.9. The Morgan fingerprint density at radius 1 is 1.20 bits per heavy atom. The van der Waals surface area contributed by atoms with Crippen molar-refractivity contribution in [2.45, 2.75) is 25.9 Å². The van der Waals surface area contributed by atoms with Gasteiger partial charge in [-0.3, -0.25) is 9.59 Å². The number of hydrogen-bond donors (Lipinski definition) is 4. The molecule has 1 unspecified atom stereocenters. The van der Waals surface area contributed by atoms with Crippen molar-refractivity contribution in [2.75, 3.05) is 6.61 Å². The fraction of sp³-hybridized carbons (Fsp3) is 0.312. The summed E-state index contributed by atoms with van der Waals surface area (Å²) in [6.45, 7) is 4.04. The van der Waals surface area contributed by atoms with E-state index in [4.69, 9.17) is 20.6 Å². The van der Waals surface area contributed by atoms with Gasteiger partial charge in [0.05, 0.1) is 12.6 Å². The van der Waals surface area contributed by atoms with Crippen LogP contribution in [0.15, 0.2) is 28.7 Å². The van der Waals surface area contributed by atoms with Gasteiger partial charge < -0.3 is 31.3 Å². The number of ether oxygens (including phenoxy) is 1. The molecule has 9 heteroatoms. The molecule has 0 bridgehead atoms. The largest absolute Gasteiger partial charge is 0.490 e. The molecule has 0 saturated heterocycles. The maximum Gasteiger partial charge on any atom is 0.316 e. The Kier molecular flexibility index (Phi) is 5.48. The molecule has 9 nitrogen and oxygen atoms in total. The molecule has 0 fully saturated rings. The van der Waals surface area contributed by atoms with E-state index < -0.39 is 29.9 Å². The molecule has 0 aliphatic rings. The molecule has 0 aliphatic heterocycles. The Hall–Kier alpha value is -3.23. The quantitative estimate of drug-likeness (QED) is 0.538. The van der Waals surface area contributed by atoms with Crippen LogP contribution >= 0.6 is 0 Å². The number of furan rings is 1. The highest BCUT2D eigenvalue weighted by molar-refractivity contribution is 6.05. The monoisotopic (exact) mass is 348 g/mol. The second-order valence-corrected chi connectivity index (χ2v) is 5.33. The van der Waals surface area contributed by atoms with E-state index in [1.54, 1.807) is 19.1 Å². The first kappa shape index (κ1) is 18.1. The van der Waals surface area contributed by atoms with Crippen LogP contribution in [-0.4, -0.2) is 30.5 Å². The lowest BCUT2D eigenvalue weighted by Crippen LogP contribution is -2.55. The molecule has 0 radical (unpaired) electrons. The highest BCUT2D eigenvalue weighted by atomic mass is 16.5. The second kappa shape index (κ2) is 7.56. The Balaban J connectivity index is 2.12. The molecule has 0 saturated carbocycles. The number of hydrogen-bond acceptors (Lipinski definition) is 5. The summed E-state index contributed by atoms with van der Waals surface area (Å²) in [6.07, 6.45) is 0. The van der Waals surface area contributed by atoms with Crippen LogP contribution in [0, 0.1) is 0 Å². The molecule has 25 heavy (non-hydrogen) atoms. The lowest BCUT2D eigenvalue weighted by atomic mass is 10.2. The van der Waals surface area contributed by atoms with E-state index >= 15 is 0 Å². The summed E-state index contributed by atoms with van der Waals surface area (Å²) in [5.41, 5.74) is 10.6. The summed E-state index contributed by atoms with van der Waals surface area (Å²) >= 11 is 0. The zero-order valence-corrected chi connectivity index (χ0v) is 13.9. The molecule has 2 aromatic rings. The number of nitrogens with one attached hydrogen (secondary N) is 2. The third kappa shape index (κ3) is 4.19. The lowest BCUT2D eigenvalue weighted by molar-refractivity contribution is -0.128. The van der Waals surface area contributed by atoms with Gasteiger partial charge in [0.1, 0.15) is 5.76 Å². The Morgan fingerprint density at radius 2 is 1.88 bits per heavy atom. The van der Waals surface area contributed by atoms with Crippen LogP contribution < -0.4 is 26.8 Å². The van der Waals surface area contributed by atoms with Crippen molar-refractivity contribution in [3.8, 4) is 5.75 Å². The highest BCUT2D eigenvalue weighted by Gasteiger charge is 2.25. The van der Waals surface area contributed by atoms with Crippen molar-refractivity contribution in [2.24, 2.45) is 11.5 Å². The first-order valence-electron chi connectivity index (χ1n) is 7.64. The van der Waals surface area contributed by atoms with Crippen LogP contribution in [-0.2, 0) is 9.59 Å². The number of benzene rings is 1. The minimum Gasteiger partial charge on any atom is -0.490 e. The van der Waals surface area contributed by atoms with Crippen molar-refractivity contribution in [1.29, 1.82) is 0 Å². The molecular weight excluding hydrogens is 328 g/mol. The number of primary amides is 2. The summed E-state index contributed by atoms with van der Waals surface area (Å²) in [4.78, 5) is 34.1. The van der Waals surface area contributed by atoms with E-state index in [2.05, 4.69) is 10.6 Å². The molecule has 0 spiro atoms. The van der Waals surface area contributed by atoms with Gasteiger partial charge in [-0.25, -0.2) is 4.79 Å². The molecule has 2 rings (SSSR count). The molecule has 4 amide bonds. The molecule has 0 aliphatic carbocycles. The fourth-order valence-corrected chi connectivity index (χ4v) is 2.26. The predicted molar refractivity (Wildman–Crippen MR) is 89.6 cm³/mol. The van der Waals surface area contributed by atoms with E-state index in [1.807, 2.05) is 19.1 Å². The molecule has 134 valence electrons. The minimum absolute atomic E-state index is 0.479. The van der Waals surface area contributed by atoms with Gasteiger partial charge in [0.15, 0.2) is 17.4 Å². The third-order valence-corrected chi connectivity index (χ3v) is 3.45. The fourth-order valence-electron chi connectivity index (χ4n) is 2.26. The normalized spacial score (nSPS) is 12.0. The van der Waals surface area contributed by atoms with Gasteiger partial charge in [-0.1, -0.05) is 12.1 Å². The van der Waals surface area contributed by atoms with Crippen molar-refractivity contribution < 1.29 is 23.5 Å². The second-order valence-electron chi connectivity index (χ2n) is 5.33. The van der Waals surface area contributed by atoms with Crippen molar-refractivity contribution in [3.63, 3.8) is 0 Å². The first-order chi connectivity index (χ1) is 11.8. The van der Waals surface area contributed by atoms with Gasteiger partial charge in [-0.15, -0.1) is 0 Å². The number of urea groups is 1. The average molecular weight is 348 g/mol. The topological polar surface area (TPSA) is 150 Å². The predicted octanol–water partition coefficient (Wildman–Crippen LogP) is 0.531. The Bertz CT molecular complexity index is 787. The molecular formula is C16H20N4O5. The molecule has 1 aromatic carbocycles. The number of nitrogens with two attached hydrogens (primary N) is 2. The summed E-state index contributed by atoms with van der Waals surface area (Å²) < 4.78 is 11.3. The average Bonchev–Trinajstić information content (AvgIpc) is 2.97. The van der Waals surface area contributed by atoms with Gasteiger partial charge in [0.2, 0.25) is 11.8 Å². The summed E-state index contributed by atoms with van der Waals surface area (Å²) in [7, 11) is 0. The number of rotatable bonds is 7. The van der Waals surface area contributed by atoms with E-state index in [0.717, 1.165) is 5.39 Å². The van der Waals surface area contributed by atoms with Crippen molar-refractivity contribution in [1.82, 2.24) is 10.6 Å². The SMILES string of the molecule is CCOc1cccc2cc(C(C)NC(=O)NC(C(N)=O)C(N)=O)oc12. The van der Waals surface area contributed by atoms with E-state index in [-0.39, 0.29) is 0 Å². The highest BCUT2D eigenvalue weighted by Crippen LogP contribution is 2.31. The molecule has 1 aromatic heterocycles. The standard InChI is InChI=1S/C16H20N4O5/c1-3-24-10-6-4-5-9-7-11(25-13(9)10)8(2)19-16(23)20-12(14(17)21)15(18)22/h4-8,12H,3H2,1-2H3,(H2,17,21)(H2,18,22)(H2,19,20,23). The zero-order valence-electron chi connectivity index (χ0n) is 13.9. The van der Waals surface area contributed by atoms with E-state index in [9.17, 15) is 14.4 Å². The van der Waals surface area contributed by atoms with E-state index in [1.165, 1.54) is 0 Å².